The minimum Gasteiger partial charge on any atom is -0.315 e. The van der Waals surface area contributed by atoms with Gasteiger partial charge in [0.25, 0.3) is 0 Å². The zero-order valence-corrected chi connectivity index (χ0v) is 9.10. The lowest BCUT2D eigenvalue weighted by Crippen LogP contribution is -2.46. The third-order valence-corrected chi connectivity index (χ3v) is 3.57. The predicted molar refractivity (Wildman–Crippen MR) is 61.1 cm³/mol. The first kappa shape index (κ1) is 9.78. The second-order valence-corrected chi connectivity index (χ2v) is 4.49. The van der Waals surface area contributed by atoms with E-state index in [1.54, 1.807) is 12.4 Å². The van der Waals surface area contributed by atoms with E-state index in [1.165, 1.54) is 0 Å². The summed E-state index contributed by atoms with van der Waals surface area (Å²) in [5.41, 5.74) is 0.983. The Morgan fingerprint density at radius 2 is 2.19 bits per heavy atom. The van der Waals surface area contributed by atoms with Gasteiger partial charge in [0, 0.05) is 31.0 Å². The first-order valence-corrected chi connectivity index (χ1v) is 5.79. The van der Waals surface area contributed by atoms with Gasteiger partial charge in [-0.2, -0.15) is 0 Å². The van der Waals surface area contributed by atoms with E-state index in [2.05, 4.69) is 10.3 Å². The number of rotatable bonds is 1. The first-order valence-electron chi connectivity index (χ1n) is 5.79. The largest absolute Gasteiger partial charge is 0.315 e. The molecule has 2 saturated heterocycles. The molecule has 1 aromatic heterocycles. The summed E-state index contributed by atoms with van der Waals surface area (Å²) in [6.45, 7) is 1.96. The Bertz CT molecular complexity index is 393. The average molecular weight is 217 g/mol. The van der Waals surface area contributed by atoms with Gasteiger partial charge in [-0.3, -0.25) is 9.78 Å². The number of aromatic nitrogens is 1. The third-order valence-electron chi connectivity index (χ3n) is 3.57. The maximum atomic E-state index is 12.0. The quantitative estimate of drug-likeness (QED) is 0.756. The fourth-order valence-electron chi connectivity index (χ4n) is 2.78. The number of hydrogen-bond donors (Lipinski definition) is 1. The molecule has 1 amide bonds. The molecular formula is C12H15N3O. The molecule has 4 heteroatoms. The van der Waals surface area contributed by atoms with Crippen LogP contribution in [0.5, 0.6) is 0 Å². The van der Waals surface area contributed by atoms with Crippen molar-refractivity contribution in [1.82, 2.24) is 10.3 Å². The molecule has 2 aliphatic heterocycles. The molecule has 3 rings (SSSR count). The van der Waals surface area contributed by atoms with Crippen molar-refractivity contribution >= 4 is 11.6 Å². The molecule has 0 aliphatic carbocycles. The summed E-state index contributed by atoms with van der Waals surface area (Å²) in [5.74, 6) is 0.784. The molecule has 0 aromatic carbocycles. The van der Waals surface area contributed by atoms with Crippen LogP contribution in [0.3, 0.4) is 0 Å². The van der Waals surface area contributed by atoms with Crippen molar-refractivity contribution < 1.29 is 4.79 Å². The summed E-state index contributed by atoms with van der Waals surface area (Å²) in [6.07, 6.45) is 5.30. The number of nitrogens with zero attached hydrogens (tertiary/aromatic N) is 2. The topological polar surface area (TPSA) is 45.2 Å². The van der Waals surface area contributed by atoms with Gasteiger partial charge in [-0.25, -0.2) is 0 Å². The Morgan fingerprint density at radius 3 is 3.00 bits per heavy atom. The summed E-state index contributed by atoms with van der Waals surface area (Å²) in [7, 11) is 0. The first-order chi connectivity index (χ1) is 7.86. The van der Waals surface area contributed by atoms with E-state index >= 15 is 0 Å². The SMILES string of the molecule is O=C1CC2CCNCC2N1c1ccncc1. The monoisotopic (exact) mass is 217 g/mol. The molecule has 1 N–H and O–H groups in total. The highest BCUT2D eigenvalue weighted by molar-refractivity contribution is 5.96. The Labute approximate surface area is 94.7 Å². The molecule has 2 aliphatic rings. The highest BCUT2D eigenvalue weighted by Crippen LogP contribution is 2.33. The molecule has 1 aromatic rings. The van der Waals surface area contributed by atoms with Crippen LogP contribution in [-0.4, -0.2) is 30.0 Å². The summed E-state index contributed by atoms with van der Waals surface area (Å²) in [6, 6.07) is 4.16. The van der Waals surface area contributed by atoms with E-state index in [-0.39, 0.29) is 5.91 Å². The average Bonchev–Trinajstić information content (AvgIpc) is 2.66. The van der Waals surface area contributed by atoms with Crippen molar-refractivity contribution in [3.63, 3.8) is 0 Å². The number of amides is 1. The Kier molecular flexibility index (Phi) is 2.36. The molecule has 0 saturated carbocycles. The van der Waals surface area contributed by atoms with Crippen molar-refractivity contribution in [2.75, 3.05) is 18.0 Å². The van der Waals surface area contributed by atoms with Gasteiger partial charge >= 0.3 is 0 Å². The smallest absolute Gasteiger partial charge is 0.227 e. The van der Waals surface area contributed by atoms with E-state index in [4.69, 9.17) is 0 Å². The normalized spacial score (nSPS) is 29.2. The number of pyridine rings is 1. The molecule has 84 valence electrons. The van der Waals surface area contributed by atoms with Crippen molar-refractivity contribution in [3.05, 3.63) is 24.5 Å². The van der Waals surface area contributed by atoms with E-state index in [0.717, 1.165) is 25.2 Å². The summed E-state index contributed by atoms with van der Waals surface area (Å²) in [4.78, 5) is 18.0. The maximum absolute atomic E-state index is 12.0. The van der Waals surface area contributed by atoms with Gasteiger partial charge in [0.15, 0.2) is 0 Å². The van der Waals surface area contributed by atoms with Gasteiger partial charge in [0.1, 0.15) is 0 Å². The molecule has 2 unspecified atom stereocenters. The lowest BCUT2D eigenvalue weighted by atomic mass is 9.93. The molecule has 4 nitrogen and oxygen atoms in total. The molecule has 3 heterocycles. The second-order valence-electron chi connectivity index (χ2n) is 4.49. The van der Waals surface area contributed by atoms with Gasteiger partial charge < -0.3 is 10.2 Å². The lowest BCUT2D eigenvalue weighted by Gasteiger charge is -2.31. The lowest BCUT2D eigenvalue weighted by molar-refractivity contribution is -0.117. The molecule has 2 atom stereocenters. The van der Waals surface area contributed by atoms with Crippen LogP contribution in [0.1, 0.15) is 12.8 Å². The number of carbonyl (C=O) groups excluding carboxylic acids is 1. The summed E-state index contributed by atoms with van der Waals surface area (Å²) < 4.78 is 0. The molecule has 0 spiro atoms. The van der Waals surface area contributed by atoms with E-state index in [9.17, 15) is 4.79 Å². The number of piperidine rings is 1. The fraction of sp³-hybridized carbons (Fsp3) is 0.500. The summed E-state index contributed by atoms with van der Waals surface area (Å²) >= 11 is 0. The fourth-order valence-corrected chi connectivity index (χ4v) is 2.78. The van der Waals surface area contributed by atoms with Crippen molar-refractivity contribution in [2.45, 2.75) is 18.9 Å². The van der Waals surface area contributed by atoms with Gasteiger partial charge in [0.2, 0.25) is 5.91 Å². The number of hydrogen-bond acceptors (Lipinski definition) is 3. The second kappa shape index (κ2) is 3.87. The van der Waals surface area contributed by atoms with Crippen LogP contribution in [-0.2, 0) is 4.79 Å². The number of nitrogens with one attached hydrogen (secondary N) is 1. The Morgan fingerprint density at radius 1 is 1.38 bits per heavy atom. The predicted octanol–water partition coefficient (Wildman–Crippen LogP) is 0.796. The van der Waals surface area contributed by atoms with Gasteiger partial charge in [0.05, 0.1) is 6.04 Å². The van der Waals surface area contributed by atoms with E-state index < -0.39 is 0 Å². The number of carbonyl (C=O) groups is 1. The van der Waals surface area contributed by atoms with Crippen molar-refractivity contribution in [1.29, 1.82) is 0 Å². The Hall–Kier alpha value is -1.42. The maximum Gasteiger partial charge on any atom is 0.227 e. The molecule has 16 heavy (non-hydrogen) atoms. The van der Waals surface area contributed by atoms with Gasteiger partial charge in [-0.15, -0.1) is 0 Å². The van der Waals surface area contributed by atoms with Crippen LogP contribution >= 0.6 is 0 Å². The van der Waals surface area contributed by atoms with Crippen LogP contribution in [0.15, 0.2) is 24.5 Å². The standard InChI is InChI=1S/C12H15N3O/c16-12-7-9-1-4-14-8-11(9)15(12)10-2-5-13-6-3-10/h2-3,5-6,9,11,14H,1,4,7-8H2. The Balaban J connectivity index is 1.91. The highest BCUT2D eigenvalue weighted by atomic mass is 16.2. The molecule has 0 bridgehead atoms. The van der Waals surface area contributed by atoms with Crippen LogP contribution in [0.2, 0.25) is 0 Å². The zero-order valence-electron chi connectivity index (χ0n) is 9.10. The van der Waals surface area contributed by atoms with Crippen LogP contribution < -0.4 is 10.2 Å². The molecular weight excluding hydrogens is 202 g/mol. The molecule has 2 fully saturated rings. The van der Waals surface area contributed by atoms with E-state index in [1.807, 2.05) is 17.0 Å². The third kappa shape index (κ3) is 1.50. The van der Waals surface area contributed by atoms with Gasteiger partial charge in [-0.05, 0) is 31.0 Å². The minimum atomic E-state index is 0.255. The summed E-state index contributed by atoms with van der Waals surface area (Å²) in [5, 5.41) is 3.37. The molecule has 0 radical (unpaired) electrons. The highest BCUT2D eigenvalue weighted by Gasteiger charge is 2.41. The van der Waals surface area contributed by atoms with Crippen LogP contribution in [0.4, 0.5) is 5.69 Å². The van der Waals surface area contributed by atoms with Crippen molar-refractivity contribution in [3.8, 4) is 0 Å². The minimum absolute atomic E-state index is 0.255. The zero-order chi connectivity index (χ0) is 11.0. The number of fused-ring (bicyclic) bond motifs is 1. The van der Waals surface area contributed by atoms with Crippen molar-refractivity contribution in [2.24, 2.45) is 5.92 Å². The van der Waals surface area contributed by atoms with Gasteiger partial charge in [-0.1, -0.05) is 0 Å². The van der Waals surface area contributed by atoms with Crippen LogP contribution in [0.25, 0.3) is 0 Å². The van der Waals surface area contributed by atoms with Crippen LogP contribution in [0, 0.1) is 5.92 Å². The van der Waals surface area contributed by atoms with E-state index in [0.29, 0.717) is 18.4 Å². The number of anilines is 1.